The molecule has 0 aliphatic heterocycles. The SMILES string of the molecule is CCOC(=O)c1ccc(Nc2cc(OC)ccc2F)nc1. The maximum absolute atomic E-state index is 13.7. The normalized spacial score (nSPS) is 10.0. The van der Waals surface area contributed by atoms with Gasteiger partial charge in [-0.1, -0.05) is 0 Å². The number of ether oxygens (including phenoxy) is 2. The zero-order valence-electron chi connectivity index (χ0n) is 11.7. The molecule has 0 amide bonds. The predicted molar refractivity (Wildman–Crippen MR) is 76.4 cm³/mol. The largest absolute Gasteiger partial charge is 0.497 e. The van der Waals surface area contributed by atoms with E-state index >= 15 is 0 Å². The lowest BCUT2D eigenvalue weighted by Gasteiger charge is -2.09. The summed E-state index contributed by atoms with van der Waals surface area (Å²) in [7, 11) is 1.50. The lowest BCUT2D eigenvalue weighted by Crippen LogP contribution is -2.05. The number of benzene rings is 1. The summed E-state index contributed by atoms with van der Waals surface area (Å²) in [5, 5.41) is 2.83. The van der Waals surface area contributed by atoms with E-state index in [1.54, 1.807) is 19.1 Å². The van der Waals surface area contributed by atoms with E-state index in [1.807, 2.05) is 0 Å². The highest BCUT2D eigenvalue weighted by atomic mass is 19.1. The third-order valence-electron chi connectivity index (χ3n) is 2.71. The Balaban J connectivity index is 2.15. The van der Waals surface area contributed by atoms with Crippen LogP contribution in [0.5, 0.6) is 5.75 Å². The molecular weight excluding hydrogens is 275 g/mol. The topological polar surface area (TPSA) is 60.5 Å². The molecule has 2 rings (SSSR count). The fraction of sp³-hybridized carbons (Fsp3) is 0.200. The molecule has 1 heterocycles. The Morgan fingerprint density at radius 2 is 2.14 bits per heavy atom. The quantitative estimate of drug-likeness (QED) is 0.857. The number of hydrogen-bond donors (Lipinski definition) is 1. The molecule has 0 saturated carbocycles. The van der Waals surface area contributed by atoms with Crippen molar-refractivity contribution in [2.45, 2.75) is 6.92 Å². The molecule has 0 spiro atoms. The van der Waals surface area contributed by atoms with Crippen molar-refractivity contribution in [3.05, 3.63) is 47.9 Å². The van der Waals surface area contributed by atoms with Gasteiger partial charge in [-0.15, -0.1) is 0 Å². The summed E-state index contributed by atoms with van der Waals surface area (Å²) in [5.74, 6) is 0.0772. The van der Waals surface area contributed by atoms with E-state index in [0.29, 0.717) is 23.7 Å². The molecule has 0 aliphatic rings. The molecule has 5 nitrogen and oxygen atoms in total. The van der Waals surface area contributed by atoms with Crippen LogP contribution in [0.1, 0.15) is 17.3 Å². The van der Waals surface area contributed by atoms with Crippen molar-refractivity contribution in [2.24, 2.45) is 0 Å². The van der Waals surface area contributed by atoms with Crippen molar-refractivity contribution in [3.63, 3.8) is 0 Å². The first-order chi connectivity index (χ1) is 10.1. The van der Waals surface area contributed by atoms with Gasteiger partial charge in [0.15, 0.2) is 0 Å². The zero-order valence-corrected chi connectivity index (χ0v) is 11.7. The highest BCUT2D eigenvalue weighted by Crippen LogP contribution is 2.23. The Bertz CT molecular complexity index is 629. The summed E-state index contributed by atoms with van der Waals surface area (Å²) < 4.78 is 23.6. The summed E-state index contributed by atoms with van der Waals surface area (Å²) in [6, 6.07) is 7.48. The predicted octanol–water partition coefficient (Wildman–Crippen LogP) is 3.15. The maximum atomic E-state index is 13.7. The molecule has 0 fully saturated rings. The third kappa shape index (κ3) is 3.68. The summed E-state index contributed by atoms with van der Waals surface area (Å²) in [6.45, 7) is 2.03. The molecule has 21 heavy (non-hydrogen) atoms. The third-order valence-corrected chi connectivity index (χ3v) is 2.71. The van der Waals surface area contributed by atoms with Crippen LogP contribution < -0.4 is 10.1 Å². The lowest BCUT2D eigenvalue weighted by molar-refractivity contribution is 0.0526. The maximum Gasteiger partial charge on any atom is 0.339 e. The Hall–Kier alpha value is -2.63. The first kappa shape index (κ1) is 14.8. The minimum absolute atomic E-state index is 0.241. The molecule has 0 saturated heterocycles. The number of nitrogens with one attached hydrogen (secondary N) is 1. The van der Waals surface area contributed by atoms with Gasteiger partial charge in [-0.3, -0.25) is 0 Å². The van der Waals surface area contributed by atoms with Gasteiger partial charge >= 0.3 is 5.97 Å². The lowest BCUT2D eigenvalue weighted by atomic mass is 10.2. The summed E-state index contributed by atoms with van der Waals surface area (Å²) in [5.41, 5.74) is 0.583. The van der Waals surface area contributed by atoms with Crippen molar-refractivity contribution < 1.29 is 18.7 Å². The van der Waals surface area contributed by atoms with Crippen molar-refractivity contribution >= 4 is 17.5 Å². The molecule has 0 aliphatic carbocycles. The first-order valence-corrected chi connectivity index (χ1v) is 6.37. The van der Waals surface area contributed by atoms with Crippen LogP contribution in [0.25, 0.3) is 0 Å². The molecule has 2 aromatic rings. The van der Waals surface area contributed by atoms with Crippen LogP contribution in [0.3, 0.4) is 0 Å². The molecule has 1 aromatic heterocycles. The molecule has 0 bridgehead atoms. The highest BCUT2D eigenvalue weighted by molar-refractivity contribution is 5.89. The molecule has 1 N–H and O–H groups in total. The zero-order chi connectivity index (χ0) is 15.2. The fourth-order valence-electron chi connectivity index (χ4n) is 1.67. The van der Waals surface area contributed by atoms with Gasteiger partial charge in [0.2, 0.25) is 0 Å². The second-order valence-electron chi connectivity index (χ2n) is 4.12. The fourth-order valence-corrected chi connectivity index (χ4v) is 1.67. The van der Waals surface area contributed by atoms with Gasteiger partial charge in [0.1, 0.15) is 17.4 Å². The van der Waals surface area contributed by atoms with E-state index in [0.717, 1.165) is 0 Å². The van der Waals surface area contributed by atoms with Gasteiger partial charge < -0.3 is 14.8 Å². The van der Waals surface area contributed by atoms with E-state index < -0.39 is 11.8 Å². The van der Waals surface area contributed by atoms with Crippen LogP contribution in [0.2, 0.25) is 0 Å². The highest BCUT2D eigenvalue weighted by Gasteiger charge is 2.08. The van der Waals surface area contributed by atoms with Gasteiger partial charge in [-0.2, -0.15) is 0 Å². The Labute approximate surface area is 121 Å². The van der Waals surface area contributed by atoms with E-state index in [4.69, 9.17) is 9.47 Å². The molecule has 1 aromatic carbocycles. The van der Waals surface area contributed by atoms with Crippen LogP contribution in [0.15, 0.2) is 36.5 Å². The van der Waals surface area contributed by atoms with Crippen molar-refractivity contribution in [3.8, 4) is 5.75 Å². The smallest absolute Gasteiger partial charge is 0.339 e. The molecule has 0 radical (unpaired) electrons. The minimum Gasteiger partial charge on any atom is -0.497 e. The van der Waals surface area contributed by atoms with Crippen LogP contribution in [-0.2, 0) is 4.74 Å². The van der Waals surface area contributed by atoms with Crippen LogP contribution in [0.4, 0.5) is 15.9 Å². The Morgan fingerprint density at radius 3 is 2.76 bits per heavy atom. The number of nitrogens with zero attached hydrogens (tertiary/aromatic N) is 1. The van der Waals surface area contributed by atoms with Crippen LogP contribution >= 0.6 is 0 Å². The van der Waals surface area contributed by atoms with Gasteiger partial charge in [-0.25, -0.2) is 14.2 Å². The summed E-state index contributed by atoms with van der Waals surface area (Å²) in [4.78, 5) is 15.5. The second-order valence-corrected chi connectivity index (χ2v) is 4.12. The Morgan fingerprint density at radius 1 is 1.33 bits per heavy atom. The molecule has 110 valence electrons. The van der Waals surface area contributed by atoms with Crippen molar-refractivity contribution in [1.29, 1.82) is 0 Å². The molecular formula is C15H15FN2O3. The average Bonchev–Trinajstić information content (AvgIpc) is 2.50. The van der Waals surface area contributed by atoms with Crippen LogP contribution in [0, 0.1) is 5.82 Å². The summed E-state index contributed by atoms with van der Waals surface area (Å²) >= 11 is 0. The first-order valence-electron chi connectivity index (χ1n) is 6.37. The van der Waals surface area contributed by atoms with Gasteiger partial charge in [0.05, 0.1) is 25.0 Å². The number of carbonyl (C=O) groups is 1. The van der Waals surface area contributed by atoms with Gasteiger partial charge in [0, 0.05) is 12.3 Å². The van der Waals surface area contributed by atoms with E-state index in [2.05, 4.69) is 10.3 Å². The summed E-state index contributed by atoms with van der Waals surface area (Å²) in [6.07, 6.45) is 1.37. The number of hydrogen-bond acceptors (Lipinski definition) is 5. The second kappa shape index (κ2) is 6.69. The Kier molecular flexibility index (Phi) is 4.71. The van der Waals surface area contributed by atoms with Crippen LogP contribution in [-0.4, -0.2) is 24.7 Å². The standard InChI is InChI=1S/C15H15FN2O3/c1-3-21-15(19)10-4-7-14(17-9-10)18-13-8-11(20-2)5-6-12(13)16/h4-9H,3H2,1-2H3,(H,17,18). The van der Waals surface area contributed by atoms with Crippen molar-refractivity contribution in [2.75, 3.05) is 19.0 Å². The van der Waals surface area contributed by atoms with Crippen molar-refractivity contribution in [1.82, 2.24) is 4.98 Å². The van der Waals surface area contributed by atoms with E-state index in [9.17, 15) is 9.18 Å². The number of anilines is 2. The number of aromatic nitrogens is 1. The monoisotopic (exact) mass is 290 g/mol. The molecule has 0 atom stereocenters. The van der Waals surface area contributed by atoms with Gasteiger partial charge in [0.25, 0.3) is 0 Å². The minimum atomic E-state index is -0.441. The molecule has 6 heteroatoms. The number of rotatable bonds is 5. The number of halogens is 1. The number of methoxy groups -OCH3 is 1. The number of carbonyl (C=O) groups excluding carboxylic acids is 1. The molecule has 0 unspecified atom stereocenters. The number of esters is 1. The number of pyridine rings is 1. The van der Waals surface area contributed by atoms with Gasteiger partial charge in [-0.05, 0) is 31.2 Å². The van der Waals surface area contributed by atoms with E-state index in [-0.39, 0.29) is 5.69 Å². The average molecular weight is 290 g/mol. The van der Waals surface area contributed by atoms with E-state index in [1.165, 1.54) is 31.5 Å².